The Morgan fingerprint density at radius 1 is 0.976 bits per heavy atom. The molecule has 212 valence electrons. The first-order valence-electron chi connectivity index (χ1n) is 13.3. The van der Waals surface area contributed by atoms with E-state index in [0.29, 0.717) is 24.3 Å². The summed E-state index contributed by atoms with van der Waals surface area (Å²) in [4.78, 5) is 25.4. The molecule has 1 aromatic carbocycles. The third-order valence-electron chi connectivity index (χ3n) is 6.97. The molecule has 0 aliphatic carbocycles. The van der Waals surface area contributed by atoms with Gasteiger partial charge in [0.2, 0.25) is 0 Å². The number of imidazole rings is 1. The molecular formula is C30H30F3N7O. The van der Waals surface area contributed by atoms with Crippen LogP contribution in [0.3, 0.4) is 0 Å². The van der Waals surface area contributed by atoms with Crippen LogP contribution in [0, 0.1) is 18.8 Å². The van der Waals surface area contributed by atoms with Gasteiger partial charge < -0.3 is 10.2 Å². The molecule has 4 heterocycles. The van der Waals surface area contributed by atoms with Crippen LogP contribution in [0.2, 0.25) is 0 Å². The lowest BCUT2D eigenvalue weighted by molar-refractivity contribution is -0.138. The summed E-state index contributed by atoms with van der Waals surface area (Å²) in [6.07, 6.45) is 0.570. The molecule has 5 rings (SSSR count). The van der Waals surface area contributed by atoms with Gasteiger partial charge in [-0.25, -0.2) is 14.8 Å². The summed E-state index contributed by atoms with van der Waals surface area (Å²) in [5.74, 6) is 6.32. The molecule has 0 unspecified atom stereocenters. The van der Waals surface area contributed by atoms with Gasteiger partial charge in [0.05, 0.1) is 11.8 Å². The largest absolute Gasteiger partial charge is 0.416 e. The number of halogens is 3. The van der Waals surface area contributed by atoms with E-state index >= 15 is 0 Å². The zero-order chi connectivity index (χ0) is 29.0. The number of hydrogen-bond donors (Lipinski definition) is 2. The van der Waals surface area contributed by atoms with E-state index in [1.165, 1.54) is 18.3 Å². The van der Waals surface area contributed by atoms with Gasteiger partial charge in [-0.1, -0.05) is 25.0 Å². The molecule has 2 N–H and O–H groups in total. The lowest BCUT2D eigenvalue weighted by Gasteiger charge is -2.34. The maximum Gasteiger partial charge on any atom is 0.416 e. The van der Waals surface area contributed by atoms with E-state index in [9.17, 15) is 18.0 Å². The Kier molecular flexibility index (Phi) is 8.23. The molecule has 1 aliphatic heterocycles. The molecular weight excluding hydrogens is 531 g/mol. The summed E-state index contributed by atoms with van der Waals surface area (Å²) in [6.45, 7) is 8.27. The minimum atomic E-state index is -4.55. The third kappa shape index (κ3) is 7.03. The second-order valence-corrected chi connectivity index (χ2v) is 9.92. The van der Waals surface area contributed by atoms with Gasteiger partial charge in [0, 0.05) is 56.4 Å². The zero-order valence-electron chi connectivity index (χ0n) is 22.8. The number of aromatic nitrogens is 3. The molecule has 2 amide bonds. The van der Waals surface area contributed by atoms with Crippen molar-refractivity contribution in [2.24, 2.45) is 0 Å². The first-order valence-corrected chi connectivity index (χ1v) is 13.3. The van der Waals surface area contributed by atoms with Gasteiger partial charge in [-0.15, -0.1) is 0 Å². The van der Waals surface area contributed by atoms with Crippen molar-refractivity contribution in [1.82, 2.24) is 24.2 Å². The molecule has 11 heteroatoms. The van der Waals surface area contributed by atoms with E-state index < -0.39 is 17.8 Å². The van der Waals surface area contributed by atoms with Gasteiger partial charge in [-0.2, -0.15) is 13.2 Å². The van der Waals surface area contributed by atoms with Crippen LogP contribution in [0.15, 0.2) is 61.1 Å². The second kappa shape index (κ2) is 12.0. The summed E-state index contributed by atoms with van der Waals surface area (Å²) in [7, 11) is 0. The van der Waals surface area contributed by atoms with Gasteiger partial charge in [0.1, 0.15) is 17.2 Å². The molecule has 0 bridgehead atoms. The summed E-state index contributed by atoms with van der Waals surface area (Å²) in [6, 6.07) is 10.3. The van der Waals surface area contributed by atoms with Crippen molar-refractivity contribution in [2.45, 2.75) is 26.6 Å². The molecule has 0 radical (unpaired) electrons. The van der Waals surface area contributed by atoms with Crippen molar-refractivity contribution in [3.63, 3.8) is 0 Å². The van der Waals surface area contributed by atoms with E-state index in [1.54, 1.807) is 18.3 Å². The fourth-order valence-corrected chi connectivity index (χ4v) is 4.73. The number of fused-ring (bicyclic) bond motifs is 1. The molecule has 1 fully saturated rings. The predicted octanol–water partition coefficient (Wildman–Crippen LogP) is 5.24. The molecule has 0 atom stereocenters. The van der Waals surface area contributed by atoms with Crippen LogP contribution < -0.4 is 10.6 Å². The van der Waals surface area contributed by atoms with Gasteiger partial charge in [0.15, 0.2) is 0 Å². The fraction of sp³-hybridized carbons (Fsp3) is 0.300. The zero-order valence-corrected chi connectivity index (χ0v) is 22.8. The highest BCUT2D eigenvalue weighted by atomic mass is 19.4. The molecule has 41 heavy (non-hydrogen) atoms. The van der Waals surface area contributed by atoms with Crippen LogP contribution in [0.1, 0.15) is 34.9 Å². The minimum absolute atomic E-state index is 0.0354. The number of alkyl halides is 3. The normalized spacial score (nSPS) is 14.5. The smallest absolute Gasteiger partial charge is 0.308 e. The Labute approximate surface area is 236 Å². The SMILES string of the molecule is CCN1CCN(Cc2ccc(NC(=O)Nc3cc(C#Cc4cnc5ccc(C)cn45)ccn3)cc2C(F)(F)F)CC1. The average Bonchev–Trinajstić information content (AvgIpc) is 3.34. The maximum absolute atomic E-state index is 13.9. The second-order valence-electron chi connectivity index (χ2n) is 9.92. The number of carbonyl (C=O) groups excluding carboxylic acids is 1. The number of hydrogen-bond acceptors (Lipinski definition) is 5. The Morgan fingerprint density at radius 2 is 1.76 bits per heavy atom. The molecule has 0 saturated carbocycles. The van der Waals surface area contributed by atoms with Crippen LogP contribution >= 0.6 is 0 Å². The van der Waals surface area contributed by atoms with Gasteiger partial charge in [0.25, 0.3) is 0 Å². The fourth-order valence-electron chi connectivity index (χ4n) is 4.73. The number of carbonyl (C=O) groups is 1. The lowest BCUT2D eigenvalue weighted by Crippen LogP contribution is -2.45. The number of aryl methyl sites for hydroxylation is 1. The number of urea groups is 1. The van der Waals surface area contributed by atoms with Crippen molar-refractivity contribution in [1.29, 1.82) is 0 Å². The van der Waals surface area contributed by atoms with E-state index in [1.807, 2.05) is 34.6 Å². The maximum atomic E-state index is 13.9. The van der Waals surface area contributed by atoms with Crippen LogP contribution in [-0.2, 0) is 12.7 Å². The number of rotatable bonds is 5. The van der Waals surface area contributed by atoms with Crippen molar-refractivity contribution in [2.75, 3.05) is 43.4 Å². The molecule has 1 saturated heterocycles. The summed E-state index contributed by atoms with van der Waals surface area (Å²) >= 11 is 0. The van der Waals surface area contributed by atoms with Crippen molar-refractivity contribution in [3.8, 4) is 11.8 Å². The Hall–Kier alpha value is -4.40. The van der Waals surface area contributed by atoms with E-state index in [4.69, 9.17) is 0 Å². The lowest BCUT2D eigenvalue weighted by atomic mass is 10.0. The standard InChI is InChI=1S/C30H30F3N7O/c1-3-38-12-14-39(15-13-38)20-23-6-7-24(17-26(23)30(31,32)33)36-29(41)37-27-16-22(10-11-34-27)5-8-25-18-35-28-9-4-21(2)19-40(25)28/h4,6-7,9-11,16-19H,3,12-15,20H2,1-2H3,(H2,34,36,37,41). The van der Waals surface area contributed by atoms with Gasteiger partial charge in [-0.3, -0.25) is 14.6 Å². The highest BCUT2D eigenvalue weighted by Gasteiger charge is 2.34. The highest BCUT2D eigenvalue weighted by molar-refractivity contribution is 5.99. The number of nitrogens with one attached hydrogen (secondary N) is 2. The minimum Gasteiger partial charge on any atom is -0.308 e. The number of pyridine rings is 2. The Balaban J connectivity index is 1.25. The van der Waals surface area contributed by atoms with E-state index in [-0.39, 0.29) is 23.6 Å². The molecule has 1 aliphatic rings. The summed E-state index contributed by atoms with van der Waals surface area (Å²) in [5, 5.41) is 5.06. The van der Waals surface area contributed by atoms with E-state index in [2.05, 4.69) is 44.3 Å². The Bertz CT molecular complexity index is 1610. The number of nitrogens with zero attached hydrogens (tertiary/aromatic N) is 5. The van der Waals surface area contributed by atoms with E-state index in [0.717, 1.165) is 36.9 Å². The predicted molar refractivity (Wildman–Crippen MR) is 152 cm³/mol. The topological polar surface area (TPSA) is 77.8 Å². The number of likely N-dealkylation sites (N-methyl/N-ethyl adjacent to an activating group) is 1. The van der Waals surface area contributed by atoms with Crippen molar-refractivity contribution < 1.29 is 18.0 Å². The first kappa shape index (κ1) is 28.1. The molecule has 8 nitrogen and oxygen atoms in total. The number of amides is 2. The van der Waals surface area contributed by atoms with Crippen molar-refractivity contribution in [3.05, 3.63) is 89.0 Å². The number of piperazine rings is 1. The van der Waals surface area contributed by atoms with Gasteiger partial charge >= 0.3 is 12.2 Å². The van der Waals surface area contributed by atoms with Crippen LogP contribution in [0.25, 0.3) is 5.65 Å². The van der Waals surface area contributed by atoms with Crippen LogP contribution in [-0.4, -0.2) is 62.9 Å². The van der Waals surface area contributed by atoms with Crippen LogP contribution in [0.4, 0.5) is 29.5 Å². The molecule has 0 spiro atoms. The highest BCUT2D eigenvalue weighted by Crippen LogP contribution is 2.34. The van der Waals surface area contributed by atoms with Crippen LogP contribution in [0.5, 0.6) is 0 Å². The first-order chi connectivity index (χ1) is 19.7. The van der Waals surface area contributed by atoms with Crippen molar-refractivity contribution >= 4 is 23.2 Å². The quantitative estimate of drug-likeness (QED) is 0.326. The number of anilines is 2. The molecule has 4 aromatic rings. The summed E-state index contributed by atoms with van der Waals surface area (Å²) < 4.78 is 43.7. The monoisotopic (exact) mass is 561 g/mol. The van der Waals surface area contributed by atoms with Gasteiger partial charge in [-0.05, 0) is 60.8 Å². The Morgan fingerprint density at radius 3 is 2.51 bits per heavy atom. The summed E-state index contributed by atoms with van der Waals surface area (Å²) in [5.41, 5.74) is 2.62. The third-order valence-corrected chi connectivity index (χ3v) is 6.97. The molecule has 3 aromatic heterocycles. The number of benzene rings is 1. The average molecular weight is 562 g/mol.